The van der Waals surface area contributed by atoms with Crippen LogP contribution in [0.1, 0.15) is 34.7 Å². The monoisotopic (exact) mass is 538 g/mol. The zero-order chi connectivity index (χ0) is 27.6. The summed E-state index contributed by atoms with van der Waals surface area (Å²) in [5, 5.41) is 7.69. The van der Waals surface area contributed by atoms with E-state index in [1.165, 1.54) is 10.7 Å². The molecule has 4 aromatic rings. The van der Waals surface area contributed by atoms with Crippen molar-refractivity contribution in [2.75, 3.05) is 18.9 Å². The number of rotatable bonds is 9. The number of nitrogens with one attached hydrogen (secondary N) is 1. The van der Waals surface area contributed by atoms with Crippen LogP contribution >= 0.6 is 0 Å². The van der Waals surface area contributed by atoms with Gasteiger partial charge in [-0.15, -0.1) is 0 Å². The van der Waals surface area contributed by atoms with Crippen molar-refractivity contribution in [1.82, 2.24) is 24.6 Å². The topological polar surface area (TPSA) is 102 Å². The van der Waals surface area contributed by atoms with Crippen LogP contribution in [0, 0.1) is 5.92 Å². The Morgan fingerprint density at radius 2 is 1.97 bits per heavy atom. The average molecular weight is 539 g/mol. The number of halogens is 3. The van der Waals surface area contributed by atoms with Gasteiger partial charge in [0.05, 0.1) is 16.9 Å². The Bertz CT molecular complexity index is 1500. The van der Waals surface area contributed by atoms with Gasteiger partial charge < -0.3 is 15.0 Å². The molecule has 0 bridgehead atoms. The standard InChI is InChI=1S/C27H25F3N6O3/c1-35(13-17-8-9-17)25(37)15-36-14-18-11-22(33-26(38)20-6-4-7-24(32-20)27(28,29)30)23(12-21(18)34-36)39-16-19-5-2-3-10-31-19/h2-7,10-12,14,17H,8-9,13,15-16H2,1H3,(H,33,38). The number of aromatic nitrogens is 4. The van der Waals surface area contributed by atoms with Gasteiger partial charge in [-0.3, -0.25) is 19.3 Å². The van der Waals surface area contributed by atoms with Gasteiger partial charge in [0, 0.05) is 37.4 Å². The van der Waals surface area contributed by atoms with Crippen LogP contribution in [-0.4, -0.2) is 50.1 Å². The predicted octanol–water partition coefficient (Wildman–Crippen LogP) is 4.54. The van der Waals surface area contributed by atoms with Crippen molar-refractivity contribution in [3.8, 4) is 5.75 Å². The first-order valence-corrected chi connectivity index (χ1v) is 12.3. The molecule has 1 aliphatic rings. The van der Waals surface area contributed by atoms with Gasteiger partial charge in [-0.1, -0.05) is 12.1 Å². The summed E-state index contributed by atoms with van der Waals surface area (Å²) in [6, 6.07) is 11.6. The van der Waals surface area contributed by atoms with Crippen molar-refractivity contribution in [2.45, 2.75) is 32.2 Å². The van der Waals surface area contributed by atoms with E-state index in [2.05, 4.69) is 20.4 Å². The third-order valence-corrected chi connectivity index (χ3v) is 6.23. The van der Waals surface area contributed by atoms with E-state index in [9.17, 15) is 22.8 Å². The SMILES string of the molecule is CN(CC1CC1)C(=O)Cn1cc2cc(NC(=O)c3cccc(C(F)(F)F)n3)c(OCc3ccccn3)cc2n1. The summed E-state index contributed by atoms with van der Waals surface area (Å²) in [6.07, 6.45) is 0.858. The van der Waals surface area contributed by atoms with E-state index in [0.717, 1.165) is 25.0 Å². The lowest BCUT2D eigenvalue weighted by Crippen LogP contribution is -2.32. The van der Waals surface area contributed by atoms with E-state index in [0.29, 0.717) is 29.1 Å². The van der Waals surface area contributed by atoms with Crippen molar-refractivity contribution in [3.05, 3.63) is 78.0 Å². The van der Waals surface area contributed by atoms with Gasteiger partial charge in [-0.05, 0) is 49.1 Å². The predicted molar refractivity (Wildman–Crippen MR) is 136 cm³/mol. The number of fused-ring (bicyclic) bond motifs is 1. The second kappa shape index (κ2) is 10.7. The maximum absolute atomic E-state index is 13.1. The van der Waals surface area contributed by atoms with E-state index in [4.69, 9.17) is 4.74 Å². The van der Waals surface area contributed by atoms with Gasteiger partial charge in [0.25, 0.3) is 5.91 Å². The number of ether oxygens (including phenoxy) is 1. The molecule has 1 aromatic carbocycles. The van der Waals surface area contributed by atoms with Crippen molar-refractivity contribution in [2.24, 2.45) is 5.92 Å². The first-order chi connectivity index (χ1) is 18.7. The fraction of sp³-hybridized carbons (Fsp3) is 0.296. The lowest BCUT2D eigenvalue weighted by Gasteiger charge is -2.16. The fourth-order valence-electron chi connectivity index (χ4n) is 3.99. The highest BCUT2D eigenvalue weighted by molar-refractivity contribution is 6.05. The Morgan fingerprint density at radius 1 is 1.15 bits per heavy atom. The molecule has 1 aliphatic carbocycles. The summed E-state index contributed by atoms with van der Waals surface area (Å²) in [4.78, 5) is 34.9. The quantitative estimate of drug-likeness (QED) is 0.336. The number of pyridine rings is 2. The molecule has 39 heavy (non-hydrogen) atoms. The molecule has 0 spiro atoms. The molecule has 202 valence electrons. The molecule has 1 N–H and O–H groups in total. The zero-order valence-electron chi connectivity index (χ0n) is 21.0. The first-order valence-electron chi connectivity index (χ1n) is 12.3. The Morgan fingerprint density at radius 3 is 2.69 bits per heavy atom. The number of benzene rings is 1. The molecule has 9 nitrogen and oxygen atoms in total. The molecule has 0 saturated heterocycles. The Hall–Kier alpha value is -4.48. The van der Waals surface area contributed by atoms with Gasteiger partial charge in [-0.2, -0.15) is 18.3 Å². The van der Waals surface area contributed by atoms with Crippen molar-refractivity contribution < 1.29 is 27.5 Å². The number of likely N-dealkylation sites (N-methyl/N-ethyl adjacent to an activating group) is 1. The van der Waals surface area contributed by atoms with Gasteiger partial charge in [0.2, 0.25) is 5.91 Å². The van der Waals surface area contributed by atoms with E-state index in [-0.39, 0.29) is 30.5 Å². The van der Waals surface area contributed by atoms with Gasteiger partial charge in [0.15, 0.2) is 0 Å². The van der Waals surface area contributed by atoms with Crippen LogP contribution in [0.3, 0.4) is 0 Å². The maximum Gasteiger partial charge on any atom is 0.433 e. The third-order valence-electron chi connectivity index (χ3n) is 6.23. The third kappa shape index (κ3) is 6.51. The second-order valence-corrected chi connectivity index (χ2v) is 9.42. The largest absolute Gasteiger partial charge is 0.485 e. The maximum atomic E-state index is 13.1. The van der Waals surface area contributed by atoms with Crippen LogP contribution < -0.4 is 10.1 Å². The molecule has 0 atom stereocenters. The molecule has 1 saturated carbocycles. The summed E-state index contributed by atoms with van der Waals surface area (Å²) in [5.74, 6) is -0.124. The molecule has 2 amide bonds. The van der Waals surface area contributed by atoms with Crippen molar-refractivity contribution >= 4 is 28.4 Å². The van der Waals surface area contributed by atoms with E-state index >= 15 is 0 Å². The number of carbonyl (C=O) groups excluding carboxylic acids is 2. The van der Waals surface area contributed by atoms with Crippen molar-refractivity contribution in [3.63, 3.8) is 0 Å². The van der Waals surface area contributed by atoms with Crippen LogP contribution in [0.4, 0.5) is 18.9 Å². The highest BCUT2D eigenvalue weighted by Gasteiger charge is 2.33. The minimum atomic E-state index is -4.69. The summed E-state index contributed by atoms with van der Waals surface area (Å²) >= 11 is 0. The Labute approximate surface area is 221 Å². The molecule has 0 aliphatic heterocycles. The number of nitrogens with zero attached hydrogens (tertiary/aromatic N) is 5. The van der Waals surface area contributed by atoms with Crippen LogP contribution in [0.5, 0.6) is 5.75 Å². The minimum Gasteiger partial charge on any atom is -0.485 e. The number of anilines is 1. The summed E-state index contributed by atoms with van der Waals surface area (Å²) in [5.41, 5.74) is -0.224. The van der Waals surface area contributed by atoms with Crippen molar-refractivity contribution in [1.29, 1.82) is 0 Å². The molecule has 3 aromatic heterocycles. The average Bonchev–Trinajstić information content (AvgIpc) is 3.64. The van der Waals surface area contributed by atoms with Gasteiger partial charge in [-0.25, -0.2) is 4.98 Å². The van der Waals surface area contributed by atoms with E-state index in [1.807, 2.05) is 0 Å². The molecule has 1 fully saturated rings. The Balaban J connectivity index is 1.41. The van der Waals surface area contributed by atoms with Crippen LogP contribution in [0.25, 0.3) is 10.9 Å². The minimum absolute atomic E-state index is 0.0396. The number of alkyl halides is 3. The summed E-state index contributed by atoms with van der Waals surface area (Å²) in [7, 11) is 1.77. The highest BCUT2D eigenvalue weighted by atomic mass is 19.4. The van der Waals surface area contributed by atoms with E-state index in [1.54, 1.807) is 54.7 Å². The van der Waals surface area contributed by atoms with Crippen LogP contribution in [0.2, 0.25) is 0 Å². The highest BCUT2D eigenvalue weighted by Crippen LogP contribution is 2.32. The molecule has 12 heteroatoms. The molecule has 0 unspecified atom stereocenters. The normalized spacial score (nSPS) is 13.3. The molecule has 0 radical (unpaired) electrons. The molecule has 3 heterocycles. The summed E-state index contributed by atoms with van der Waals surface area (Å²) in [6.45, 7) is 0.824. The fourth-order valence-corrected chi connectivity index (χ4v) is 3.99. The first kappa shape index (κ1) is 26.1. The number of carbonyl (C=O) groups is 2. The number of hydrogen-bond acceptors (Lipinski definition) is 6. The lowest BCUT2D eigenvalue weighted by atomic mass is 10.2. The smallest absolute Gasteiger partial charge is 0.433 e. The molecular formula is C27H25F3N6O3. The molecule has 5 rings (SSSR count). The zero-order valence-corrected chi connectivity index (χ0v) is 21.0. The lowest BCUT2D eigenvalue weighted by molar-refractivity contribution is -0.141. The molecular weight excluding hydrogens is 513 g/mol. The van der Waals surface area contributed by atoms with E-state index < -0.39 is 23.5 Å². The van der Waals surface area contributed by atoms with Crippen LogP contribution in [-0.2, 0) is 24.1 Å². The second-order valence-electron chi connectivity index (χ2n) is 9.42. The van der Waals surface area contributed by atoms with Gasteiger partial charge in [0.1, 0.15) is 30.3 Å². The number of amides is 2. The van der Waals surface area contributed by atoms with Gasteiger partial charge >= 0.3 is 6.18 Å². The summed E-state index contributed by atoms with van der Waals surface area (Å²) < 4.78 is 46.8. The Kier molecular flexibility index (Phi) is 7.18. The van der Waals surface area contributed by atoms with Crippen LogP contribution in [0.15, 0.2) is 60.9 Å². The number of hydrogen-bond donors (Lipinski definition) is 1.